The molecule has 1 aromatic carbocycles. The van der Waals surface area contributed by atoms with Crippen molar-refractivity contribution in [2.75, 3.05) is 5.32 Å². The fourth-order valence-corrected chi connectivity index (χ4v) is 2.53. The number of nitrogens with one attached hydrogen (secondary N) is 1. The molecule has 3 rings (SSSR count). The van der Waals surface area contributed by atoms with Gasteiger partial charge in [0.1, 0.15) is 0 Å². The number of hydrogen-bond donors (Lipinski definition) is 1. The number of aryl methyl sites for hydroxylation is 1. The summed E-state index contributed by atoms with van der Waals surface area (Å²) in [4.78, 5) is 0. The first kappa shape index (κ1) is 13.9. The Labute approximate surface area is 125 Å². The second-order valence-corrected chi connectivity index (χ2v) is 5.88. The van der Waals surface area contributed by atoms with E-state index in [0.717, 1.165) is 36.7 Å². The van der Waals surface area contributed by atoms with Crippen LogP contribution in [0.3, 0.4) is 0 Å². The molecule has 0 saturated carbocycles. The first-order chi connectivity index (χ1) is 10.1. The molecule has 4 heteroatoms. The Morgan fingerprint density at radius 1 is 1.14 bits per heavy atom. The molecule has 0 atom stereocenters. The lowest BCUT2D eigenvalue weighted by molar-refractivity contribution is -0.0431. The molecule has 0 bridgehead atoms. The number of aromatic nitrogens is 1. The van der Waals surface area contributed by atoms with Crippen molar-refractivity contribution in [3.05, 3.63) is 42.2 Å². The zero-order valence-electron chi connectivity index (χ0n) is 12.8. The molecule has 2 aromatic rings. The number of benzene rings is 1. The van der Waals surface area contributed by atoms with E-state index in [9.17, 15) is 0 Å². The van der Waals surface area contributed by atoms with Crippen molar-refractivity contribution in [2.24, 2.45) is 0 Å². The highest BCUT2D eigenvalue weighted by molar-refractivity contribution is 5.56. The molecule has 0 spiro atoms. The summed E-state index contributed by atoms with van der Waals surface area (Å²) in [5, 5.41) is 3.42. The van der Waals surface area contributed by atoms with Crippen LogP contribution in [0.2, 0.25) is 0 Å². The highest BCUT2D eigenvalue weighted by atomic mass is 16.7. The summed E-state index contributed by atoms with van der Waals surface area (Å²) in [5.74, 6) is 1.03. The smallest absolute Gasteiger partial charge is 0.246 e. The number of anilines is 1. The van der Waals surface area contributed by atoms with Crippen molar-refractivity contribution < 1.29 is 9.47 Å². The zero-order chi connectivity index (χ0) is 14.9. The average molecular weight is 286 g/mol. The number of hydrogen-bond acceptors (Lipinski definition) is 3. The van der Waals surface area contributed by atoms with Crippen molar-refractivity contribution in [1.82, 2.24) is 4.57 Å². The number of nitrogens with zero attached hydrogens (tertiary/aromatic N) is 1. The van der Waals surface area contributed by atoms with Crippen LogP contribution in [0.4, 0.5) is 5.69 Å². The summed E-state index contributed by atoms with van der Waals surface area (Å²) < 4.78 is 13.7. The maximum absolute atomic E-state index is 5.76. The lowest BCUT2D eigenvalue weighted by Gasteiger charge is -2.16. The van der Waals surface area contributed by atoms with Gasteiger partial charge in [0.2, 0.25) is 5.79 Å². The maximum Gasteiger partial charge on any atom is 0.246 e. The molecule has 112 valence electrons. The third-order valence-corrected chi connectivity index (χ3v) is 3.45. The summed E-state index contributed by atoms with van der Waals surface area (Å²) in [6.07, 6.45) is 5.47. The van der Waals surface area contributed by atoms with Crippen LogP contribution in [0.25, 0.3) is 0 Å². The predicted molar refractivity (Wildman–Crippen MR) is 83.8 cm³/mol. The molecule has 0 saturated heterocycles. The van der Waals surface area contributed by atoms with Crippen LogP contribution in [-0.2, 0) is 13.1 Å². The Morgan fingerprint density at radius 3 is 2.76 bits per heavy atom. The summed E-state index contributed by atoms with van der Waals surface area (Å²) in [7, 11) is 0. The van der Waals surface area contributed by atoms with Gasteiger partial charge in [-0.05, 0) is 30.2 Å². The van der Waals surface area contributed by atoms with Gasteiger partial charge in [-0.2, -0.15) is 0 Å². The van der Waals surface area contributed by atoms with Gasteiger partial charge in [0, 0.05) is 51.1 Å². The van der Waals surface area contributed by atoms with Crippen LogP contribution >= 0.6 is 0 Å². The molecule has 4 nitrogen and oxygen atoms in total. The molecule has 0 aliphatic carbocycles. The fraction of sp³-hybridized carbons (Fsp3) is 0.412. The van der Waals surface area contributed by atoms with Gasteiger partial charge in [0.25, 0.3) is 0 Å². The highest BCUT2D eigenvalue weighted by Gasteiger charge is 2.31. The number of rotatable bonds is 5. The largest absolute Gasteiger partial charge is 0.449 e. The van der Waals surface area contributed by atoms with Crippen molar-refractivity contribution >= 4 is 5.69 Å². The van der Waals surface area contributed by atoms with Gasteiger partial charge in [0.15, 0.2) is 11.5 Å². The van der Waals surface area contributed by atoms with Gasteiger partial charge in [0.05, 0.1) is 0 Å². The first-order valence-corrected chi connectivity index (χ1v) is 7.46. The molecule has 0 radical (unpaired) electrons. The molecule has 1 aliphatic heterocycles. The summed E-state index contributed by atoms with van der Waals surface area (Å²) >= 11 is 0. The van der Waals surface area contributed by atoms with E-state index in [1.165, 1.54) is 5.56 Å². The topological polar surface area (TPSA) is 35.4 Å². The third-order valence-electron chi connectivity index (χ3n) is 3.45. The van der Waals surface area contributed by atoms with Crippen LogP contribution in [-0.4, -0.2) is 10.4 Å². The minimum atomic E-state index is -0.571. The molecule has 0 unspecified atom stereocenters. The average Bonchev–Trinajstić information content (AvgIpc) is 2.98. The molecule has 1 aliphatic rings. The molecular weight excluding hydrogens is 264 g/mol. The van der Waals surface area contributed by atoms with Crippen molar-refractivity contribution in [3.8, 4) is 11.5 Å². The molecule has 1 N–H and O–H groups in total. The molecular formula is C17H22N2O2. The van der Waals surface area contributed by atoms with Crippen molar-refractivity contribution in [2.45, 2.75) is 46.1 Å². The standard InChI is InChI=1S/C17H22N2O2/c1-4-8-19-9-7-13(12-19)11-18-14-5-6-15-16(10-14)21-17(2,3)20-15/h5-7,9-10,12,18H,4,8,11H2,1-3H3. The predicted octanol–water partition coefficient (Wildman–Crippen LogP) is 4.02. The van der Waals surface area contributed by atoms with Gasteiger partial charge in [-0.1, -0.05) is 6.92 Å². The van der Waals surface area contributed by atoms with E-state index >= 15 is 0 Å². The van der Waals surface area contributed by atoms with Crippen LogP contribution in [0.5, 0.6) is 11.5 Å². The van der Waals surface area contributed by atoms with Crippen molar-refractivity contribution in [1.29, 1.82) is 0 Å². The SMILES string of the molecule is CCCn1ccc(CNc2ccc3c(c2)OC(C)(C)O3)c1. The van der Waals surface area contributed by atoms with Crippen LogP contribution in [0.1, 0.15) is 32.8 Å². The van der Waals surface area contributed by atoms with Crippen LogP contribution in [0, 0.1) is 0 Å². The zero-order valence-corrected chi connectivity index (χ0v) is 12.8. The lowest BCUT2D eigenvalue weighted by Crippen LogP contribution is -2.29. The number of ether oxygens (including phenoxy) is 2. The van der Waals surface area contributed by atoms with Crippen molar-refractivity contribution in [3.63, 3.8) is 0 Å². The number of fused-ring (bicyclic) bond motifs is 1. The summed E-state index contributed by atoms with van der Waals surface area (Å²) in [5.41, 5.74) is 2.32. The van der Waals surface area contributed by atoms with E-state index in [2.05, 4.69) is 35.3 Å². The van der Waals surface area contributed by atoms with Gasteiger partial charge >= 0.3 is 0 Å². The summed E-state index contributed by atoms with van der Waals surface area (Å²) in [6.45, 7) is 7.89. The van der Waals surface area contributed by atoms with Gasteiger partial charge in [-0.15, -0.1) is 0 Å². The molecule has 2 heterocycles. The molecule has 1 aromatic heterocycles. The fourth-order valence-electron chi connectivity index (χ4n) is 2.53. The minimum absolute atomic E-state index is 0.571. The van der Waals surface area contributed by atoms with Gasteiger partial charge < -0.3 is 19.4 Å². The van der Waals surface area contributed by atoms with Gasteiger partial charge in [-0.3, -0.25) is 0 Å². The van der Waals surface area contributed by atoms with E-state index < -0.39 is 5.79 Å². The normalized spacial score (nSPS) is 15.2. The maximum atomic E-state index is 5.76. The third kappa shape index (κ3) is 3.15. The van der Waals surface area contributed by atoms with E-state index in [0.29, 0.717) is 0 Å². The molecule has 21 heavy (non-hydrogen) atoms. The monoisotopic (exact) mass is 286 g/mol. The Kier molecular flexibility index (Phi) is 3.53. The van der Waals surface area contributed by atoms with Gasteiger partial charge in [-0.25, -0.2) is 0 Å². The quantitative estimate of drug-likeness (QED) is 0.901. The second kappa shape index (κ2) is 5.35. The molecule has 0 amide bonds. The van der Waals surface area contributed by atoms with E-state index in [-0.39, 0.29) is 0 Å². The van der Waals surface area contributed by atoms with E-state index in [1.807, 2.05) is 32.0 Å². The lowest BCUT2D eigenvalue weighted by atomic mass is 10.2. The first-order valence-electron chi connectivity index (χ1n) is 7.46. The van der Waals surface area contributed by atoms with E-state index in [1.54, 1.807) is 0 Å². The Morgan fingerprint density at radius 2 is 1.95 bits per heavy atom. The minimum Gasteiger partial charge on any atom is -0.449 e. The Hall–Kier alpha value is -2.10. The summed E-state index contributed by atoms with van der Waals surface area (Å²) in [6, 6.07) is 8.12. The molecule has 0 fully saturated rings. The Bertz CT molecular complexity index is 631. The Balaban J connectivity index is 1.64. The van der Waals surface area contributed by atoms with E-state index in [4.69, 9.17) is 9.47 Å². The second-order valence-electron chi connectivity index (χ2n) is 5.88. The van der Waals surface area contributed by atoms with Crippen LogP contribution < -0.4 is 14.8 Å². The highest BCUT2D eigenvalue weighted by Crippen LogP contribution is 2.40. The van der Waals surface area contributed by atoms with Crippen LogP contribution in [0.15, 0.2) is 36.7 Å².